The monoisotopic (exact) mass is 566 g/mol. The predicted molar refractivity (Wildman–Crippen MR) is 156 cm³/mol. The molecule has 1 aliphatic rings. The number of aliphatic hydroxyl groups excluding tert-OH is 1. The number of amides is 1. The smallest absolute Gasteiger partial charge is 0.295 e. The molecule has 9 heteroatoms. The summed E-state index contributed by atoms with van der Waals surface area (Å²) in [5.74, 6) is 0.00889. The van der Waals surface area contributed by atoms with Crippen LogP contribution in [0.1, 0.15) is 28.3 Å². The number of ether oxygens (including phenoxy) is 3. The number of Topliss-reactive ketones (excluding diaryl/α,β-unsaturated/α-hetero) is 1. The molecule has 1 atom stereocenters. The van der Waals surface area contributed by atoms with Crippen LogP contribution in [0.25, 0.3) is 5.76 Å². The highest BCUT2D eigenvalue weighted by molar-refractivity contribution is 6.46. The minimum absolute atomic E-state index is 0. The zero-order chi connectivity index (χ0) is 28.1. The van der Waals surface area contributed by atoms with E-state index in [4.69, 9.17) is 14.2 Å². The standard InChI is InChI=1S/C31H34N2O6.ClH/c1-20-17-23(39-19-21-9-7-6-8-10-21)12-13-24(20)29(34)27-28(22-11-14-25(37-4)26(18-22)38-5)33(16-15-32(2)3)31(36)30(27)35;/h6-14,17-18,28,34H,15-16,19H2,1-5H3;1H. The molecule has 212 valence electrons. The zero-order valence-corrected chi connectivity index (χ0v) is 24.2. The van der Waals surface area contributed by atoms with Gasteiger partial charge in [0, 0.05) is 18.7 Å². The third-order valence-electron chi connectivity index (χ3n) is 6.75. The molecule has 1 unspecified atom stereocenters. The molecule has 1 fully saturated rings. The first-order valence-electron chi connectivity index (χ1n) is 12.7. The van der Waals surface area contributed by atoms with Gasteiger partial charge in [-0.15, -0.1) is 12.4 Å². The normalized spacial score (nSPS) is 16.1. The lowest BCUT2D eigenvalue weighted by Gasteiger charge is -2.27. The molecule has 0 spiro atoms. The molecular formula is C31H35ClN2O6. The number of aryl methyl sites for hydroxylation is 1. The lowest BCUT2D eigenvalue weighted by molar-refractivity contribution is -0.140. The van der Waals surface area contributed by atoms with Gasteiger partial charge in [0.05, 0.1) is 25.8 Å². The summed E-state index contributed by atoms with van der Waals surface area (Å²) in [6.07, 6.45) is 0. The number of carbonyl (C=O) groups excluding carboxylic acids is 2. The van der Waals surface area contributed by atoms with Crippen LogP contribution in [0, 0.1) is 6.92 Å². The van der Waals surface area contributed by atoms with Gasteiger partial charge in [-0.05, 0) is 68.0 Å². The molecule has 8 nitrogen and oxygen atoms in total. The lowest BCUT2D eigenvalue weighted by Crippen LogP contribution is -2.35. The maximum atomic E-state index is 13.4. The number of likely N-dealkylation sites (tertiary alicyclic amines) is 1. The Balaban J connectivity index is 0.00000441. The number of carbonyl (C=O) groups is 2. The largest absolute Gasteiger partial charge is 0.507 e. The van der Waals surface area contributed by atoms with Gasteiger partial charge in [0.2, 0.25) is 0 Å². The van der Waals surface area contributed by atoms with Crippen LogP contribution >= 0.6 is 12.4 Å². The second-order valence-electron chi connectivity index (χ2n) is 9.66. The summed E-state index contributed by atoms with van der Waals surface area (Å²) in [7, 11) is 6.85. The van der Waals surface area contributed by atoms with Crippen molar-refractivity contribution in [3.8, 4) is 17.2 Å². The summed E-state index contributed by atoms with van der Waals surface area (Å²) in [6, 6.07) is 19.5. The predicted octanol–water partition coefficient (Wildman–Crippen LogP) is 5.00. The number of halogens is 1. The van der Waals surface area contributed by atoms with E-state index in [1.54, 1.807) is 30.3 Å². The van der Waals surface area contributed by atoms with Gasteiger partial charge in [-0.2, -0.15) is 0 Å². The van der Waals surface area contributed by atoms with E-state index in [1.165, 1.54) is 19.1 Å². The van der Waals surface area contributed by atoms with Gasteiger partial charge in [-0.1, -0.05) is 36.4 Å². The lowest BCUT2D eigenvalue weighted by atomic mass is 9.93. The van der Waals surface area contributed by atoms with Crippen molar-refractivity contribution >= 4 is 29.9 Å². The van der Waals surface area contributed by atoms with Crippen LogP contribution in [-0.4, -0.2) is 68.0 Å². The summed E-state index contributed by atoms with van der Waals surface area (Å²) < 4.78 is 16.8. The van der Waals surface area contributed by atoms with Crippen LogP contribution in [0.15, 0.2) is 72.3 Å². The van der Waals surface area contributed by atoms with Crippen molar-refractivity contribution in [2.45, 2.75) is 19.6 Å². The van der Waals surface area contributed by atoms with Crippen LogP contribution in [-0.2, 0) is 16.2 Å². The van der Waals surface area contributed by atoms with Crippen molar-refractivity contribution < 1.29 is 28.9 Å². The Morgan fingerprint density at radius 1 is 0.950 bits per heavy atom. The number of hydrogen-bond acceptors (Lipinski definition) is 7. The van der Waals surface area contributed by atoms with Crippen molar-refractivity contribution in [3.05, 3.63) is 94.6 Å². The number of methoxy groups -OCH3 is 2. The molecule has 0 aromatic heterocycles. The molecule has 40 heavy (non-hydrogen) atoms. The Morgan fingerprint density at radius 3 is 2.27 bits per heavy atom. The molecule has 1 amide bonds. The van der Waals surface area contributed by atoms with Crippen LogP contribution in [0.3, 0.4) is 0 Å². The van der Waals surface area contributed by atoms with Gasteiger partial charge in [0.15, 0.2) is 11.5 Å². The van der Waals surface area contributed by atoms with E-state index >= 15 is 0 Å². The van der Waals surface area contributed by atoms with Gasteiger partial charge >= 0.3 is 0 Å². The average Bonchev–Trinajstić information content (AvgIpc) is 3.19. The molecule has 4 rings (SSSR count). The number of benzene rings is 3. The molecule has 1 aliphatic heterocycles. The Morgan fingerprint density at radius 2 is 1.65 bits per heavy atom. The molecular weight excluding hydrogens is 532 g/mol. The molecule has 3 aromatic carbocycles. The third-order valence-corrected chi connectivity index (χ3v) is 6.75. The van der Waals surface area contributed by atoms with Gasteiger partial charge in [0.25, 0.3) is 11.7 Å². The number of hydrogen-bond donors (Lipinski definition) is 1. The molecule has 1 N–H and O–H groups in total. The van der Waals surface area contributed by atoms with E-state index in [1.807, 2.05) is 62.3 Å². The minimum atomic E-state index is -0.793. The second kappa shape index (κ2) is 13.4. The van der Waals surface area contributed by atoms with Gasteiger partial charge in [-0.25, -0.2) is 0 Å². The quantitative estimate of drug-likeness (QED) is 0.210. The molecule has 1 saturated heterocycles. The highest BCUT2D eigenvalue weighted by Crippen LogP contribution is 2.42. The highest BCUT2D eigenvalue weighted by atomic mass is 35.5. The van der Waals surface area contributed by atoms with E-state index < -0.39 is 17.7 Å². The van der Waals surface area contributed by atoms with Crippen molar-refractivity contribution in [1.29, 1.82) is 0 Å². The van der Waals surface area contributed by atoms with Crippen LogP contribution < -0.4 is 14.2 Å². The minimum Gasteiger partial charge on any atom is -0.507 e. The van der Waals surface area contributed by atoms with E-state index in [-0.39, 0.29) is 23.7 Å². The maximum absolute atomic E-state index is 13.4. The SMILES string of the molecule is COc1ccc(C2C(=C(O)c3ccc(OCc4ccccc4)cc3C)C(=O)C(=O)N2CCN(C)C)cc1OC.Cl. The molecule has 0 bridgehead atoms. The van der Waals surface area contributed by atoms with Crippen LogP contribution in [0.4, 0.5) is 0 Å². The van der Waals surface area contributed by atoms with E-state index in [2.05, 4.69) is 0 Å². The molecule has 0 saturated carbocycles. The van der Waals surface area contributed by atoms with Crippen molar-refractivity contribution in [2.24, 2.45) is 0 Å². The number of aliphatic hydroxyl groups is 1. The number of ketones is 1. The Kier molecular flexibility index (Phi) is 10.2. The summed E-state index contributed by atoms with van der Waals surface area (Å²) >= 11 is 0. The van der Waals surface area contributed by atoms with Crippen LogP contribution in [0.2, 0.25) is 0 Å². The van der Waals surface area contributed by atoms with Gasteiger partial charge in [-0.3, -0.25) is 9.59 Å². The topological polar surface area (TPSA) is 88.5 Å². The third kappa shape index (κ3) is 6.41. The fourth-order valence-electron chi connectivity index (χ4n) is 4.67. The summed E-state index contributed by atoms with van der Waals surface area (Å²) in [6.45, 7) is 3.09. The highest BCUT2D eigenvalue weighted by Gasteiger charge is 2.46. The number of rotatable bonds is 10. The zero-order valence-electron chi connectivity index (χ0n) is 23.3. The molecule has 1 heterocycles. The fourth-order valence-corrected chi connectivity index (χ4v) is 4.67. The van der Waals surface area contributed by atoms with Crippen molar-refractivity contribution in [1.82, 2.24) is 9.80 Å². The average molecular weight is 567 g/mol. The van der Waals surface area contributed by atoms with E-state index in [0.717, 1.165) is 5.56 Å². The molecule has 0 radical (unpaired) electrons. The molecule has 3 aromatic rings. The Labute approximate surface area is 241 Å². The molecule has 0 aliphatic carbocycles. The summed E-state index contributed by atoms with van der Waals surface area (Å²) in [4.78, 5) is 30.0. The Hall–Kier alpha value is -4.01. The summed E-state index contributed by atoms with van der Waals surface area (Å²) in [5, 5.41) is 11.5. The van der Waals surface area contributed by atoms with Gasteiger partial charge < -0.3 is 29.1 Å². The first-order valence-corrected chi connectivity index (χ1v) is 12.7. The van der Waals surface area contributed by atoms with Gasteiger partial charge in [0.1, 0.15) is 18.1 Å². The first kappa shape index (κ1) is 30.5. The second-order valence-corrected chi connectivity index (χ2v) is 9.66. The fraction of sp³-hybridized carbons (Fsp3) is 0.290. The Bertz CT molecular complexity index is 1390. The van der Waals surface area contributed by atoms with Crippen molar-refractivity contribution in [2.75, 3.05) is 41.4 Å². The first-order chi connectivity index (χ1) is 18.7. The van der Waals surface area contributed by atoms with E-state index in [9.17, 15) is 14.7 Å². The van der Waals surface area contributed by atoms with Crippen molar-refractivity contribution in [3.63, 3.8) is 0 Å². The van der Waals surface area contributed by atoms with Crippen LogP contribution in [0.5, 0.6) is 17.2 Å². The van der Waals surface area contributed by atoms with E-state index in [0.29, 0.717) is 53.6 Å². The maximum Gasteiger partial charge on any atom is 0.295 e. The summed E-state index contributed by atoms with van der Waals surface area (Å²) in [5.41, 5.74) is 2.87. The number of nitrogens with zero attached hydrogens (tertiary/aromatic N) is 2. The number of likely N-dealkylation sites (N-methyl/N-ethyl adjacent to an activating group) is 1.